The van der Waals surface area contributed by atoms with Crippen LogP contribution in [0.3, 0.4) is 0 Å². The van der Waals surface area contributed by atoms with Crippen LogP contribution in [0.25, 0.3) is 0 Å². The largest absolute Gasteiger partial charge is 0.493 e. The van der Waals surface area contributed by atoms with E-state index in [0.29, 0.717) is 44.8 Å². The molecular weight excluding hydrogens is 611 g/mol. The van der Waals surface area contributed by atoms with Gasteiger partial charge >= 0.3 is 5.97 Å². The van der Waals surface area contributed by atoms with Gasteiger partial charge in [0.05, 0.1) is 38.7 Å². The van der Waals surface area contributed by atoms with E-state index in [1.807, 2.05) is 12.1 Å². The van der Waals surface area contributed by atoms with Gasteiger partial charge in [-0.2, -0.15) is 5.10 Å². The zero-order chi connectivity index (χ0) is 26.9. The number of allylic oxidation sites excluding steroid dienone is 1. The minimum Gasteiger partial charge on any atom is -0.493 e. The SMILES string of the molecule is CCOC(=O)C1=C(C)NC(=S)N[C@H]1c1ccccc1OCC(=O)NN=Cc1cc(I)cc(OC)c1OC. The number of nitrogens with zero attached hydrogens (tertiary/aromatic N) is 1. The third-order valence-corrected chi connectivity index (χ3v) is 6.06. The number of methoxy groups -OCH3 is 2. The molecular formula is C25H27IN4O6S. The van der Waals surface area contributed by atoms with Crippen LogP contribution in [0.5, 0.6) is 17.2 Å². The van der Waals surface area contributed by atoms with Crippen molar-refractivity contribution in [1.82, 2.24) is 16.1 Å². The Balaban J connectivity index is 1.73. The third-order valence-electron chi connectivity index (χ3n) is 5.22. The molecule has 10 nitrogen and oxygen atoms in total. The minimum absolute atomic E-state index is 0.229. The van der Waals surface area contributed by atoms with Gasteiger partial charge in [-0.1, -0.05) is 18.2 Å². The number of amides is 1. The van der Waals surface area contributed by atoms with Crippen LogP contribution >= 0.6 is 34.8 Å². The van der Waals surface area contributed by atoms with E-state index in [9.17, 15) is 9.59 Å². The Morgan fingerprint density at radius 3 is 2.65 bits per heavy atom. The second kappa shape index (κ2) is 13.2. The fourth-order valence-corrected chi connectivity index (χ4v) is 4.55. The van der Waals surface area contributed by atoms with Crippen molar-refractivity contribution in [2.24, 2.45) is 5.10 Å². The molecule has 0 unspecified atom stereocenters. The summed E-state index contributed by atoms with van der Waals surface area (Å²) < 4.78 is 22.7. The molecule has 2 aromatic carbocycles. The normalized spacial score (nSPS) is 15.1. The van der Waals surface area contributed by atoms with Crippen molar-refractivity contribution in [3.8, 4) is 17.2 Å². The standard InChI is InChI=1S/C25H27IN4O6S/c1-5-35-24(32)21-14(2)28-25(37)29-22(21)17-8-6-7-9-18(17)36-13-20(31)30-27-12-15-10-16(26)11-19(33-3)23(15)34-4/h6-12,22H,5,13H2,1-4H3,(H,30,31)(H2,28,29,37)/t22-/m0/s1. The first-order valence-electron chi connectivity index (χ1n) is 11.2. The number of benzene rings is 2. The van der Waals surface area contributed by atoms with Gasteiger partial charge in [0.1, 0.15) is 5.75 Å². The first kappa shape index (κ1) is 28.2. The molecule has 37 heavy (non-hydrogen) atoms. The summed E-state index contributed by atoms with van der Waals surface area (Å²) in [7, 11) is 3.07. The predicted octanol–water partition coefficient (Wildman–Crippen LogP) is 3.19. The number of esters is 1. The lowest BCUT2D eigenvalue weighted by atomic mass is 9.95. The molecule has 0 fully saturated rings. The quantitative estimate of drug-likeness (QED) is 0.119. The van der Waals surface area contributed by atoms with Crippen molar-refractivity contribution in [3.05, 3.63) is 62.4 Å². The van der Waals surface area contributed by atoms with E-state index in [2.05, 4.69) is 43.8 Å². The number of para-hydroxylation sites is 1. The van der Waals surface area contributed by atoms with Gasteiger partial charge in [-0.3, -0.25) is 4.79 Å². The highest BCUT2D eigenvalue weighted by Crippen LogP contribution is 2.34. The summed E-state index contributed by atoms with van der Waals surface area (Å²) in [6.07, 6.45) is 1.47. The Hall–Kier alpha value is -3.39. The van der Waals surface area contributed by atoms with Crippen molar-refractivity contribution < 1.29 is 28.5 Å². The van der Waals surface area contributed by atoms with Gasteiger partial charge in [0, 0.05) is 20.4 Å². The summed E-state index contributed by atoms with van der Waals surface area (Å²) in [5.41, 5.74) is 4.66. The van der Waals surface area contributed by atoms with E-state index in [-0.39, 0.29) is 13.2 Å². The average Bonchev–Trinajstić information content (AvgIpc) is 2.86. The summed E-state index contributed by atoms with van der Waals surface area (Å²) in [6, 6.07) is 10.1. The van der Waals surface area contributed by atoms with Crippen LogP contribution in [-0.4, -0.2) is 50.6 Å². The first-order chi connectivity index (χ1) is 17.8. The van der Waals surface area contributed by atoms with E-state index in [1.54, 1.807) is 45.2 Å². The summed E-state index contributed by atoms with van der Waals surface area (Å²) in [5, 5.41) is 10.4. The first-order valence-corrected chi connectivity index (χ1v) is 12.7. The highest BCUT2D eigenvalue weighted by molar-refractivity contribution is 14.1. The Kier molecular flexibility index (Phi) is 10.1. The van der Waals surface area contributed by atoms with Crippen LogP contribution in [-0.2, 0) is 14.3 Å². The maximum atomic E-state index is 12.7. The number of hydrogen-bond donors (Lipinski definition) is 3. The Labute approximate surface area is 233 Å². The highest BCUT2D eigenvalue weighted by Gasteiger charge is 2.32. The van der Waals surface area contributed by atoms with Gasteiger partial charge in [0.15, 0.2) is 23.2 Å². The number of rotatable bonds is 10. The lowest BCUT2D eigenvalue weighted by Gasteiger charge is -2.30. The second-order valence-corrected chi connectivity index (χ2v) is 9.29. The summed E-state index contributed by atoms with van der Waals surface area (Å²) in [4.78, 5) is 25.1. The van der Waals surface area contributed by atoms with Crippen LogP contribution in [0.15, 0.2) is 52.8 Å². The van der Waals surface area contributed by atoms with Crippen molar-refractivity contribution in [3.63, 3.8) is 0 Å². The van der Waals surface area contributed by atoms with Crippen molar-refractivity contribution in [2.75, 3.05) is 27.4 Å². The van der Waals surface area contributed by atoms with Crippen molar-refractivity contribution in [2.45, 2.75) is 19.9 Å². The average molecular weight is 638 g/mol. The molecule has 196 valence electrons. The Morgan fingerprint density at radius 2 is 1.95 bits per heavy atom. The fourth-order valence-electron chi connectivity index (χ4n) is 3.66. The van der Waals surface area contributed by atoms with Gasteiger partial charge in [0.25, 0.3) is 5.91 Å². The van der Waals surface area contributed by atoms with Crippen LogP contribution in [0.4, 0.5) is 0 Å². The number of nitrogens with one attached hydrogen (secondary N) is 3. The number of carbonyl (C=O) groups excluding carboxylic acids is 2. The molecule has 0 saturated carbocycles. The Morgan fingerprint density at radius 1 is 1.19 bits per heavy atom. The lowest BCUT2D eigenvalue weighted by molar-refractivity contribution is -0.139. The zero-order valence-corrected chi connectivity index (χ0v) is 23.7. The summed E-state index contributed by atoms with van der Waals surface area (Å²) in [6.45, 7) is 3.40. The summed E-state index contributed by atoms with van der Waals surface area (Å²) >= 11 is 7.45. The molecule has 0 aromatic heterocycles. The summed E-state index contributed by atoms with van der Waals surface area (Å²) in [5.74, 6) is 0.507. The molecule has 0 radical (unpaired) electrons. The van der Waals surface area contributed by atoms with E-state index < -0.39 is 17.9 Å². The monoisotopic (exact) mass is 638 g/mol. The molecule has 3 rings (SSSR count). The number of hydrogen-bond acceptors (Lipinski definition) is 8. The smallest absolute Gasteiger partial charge is 0.338 e. The van der Waals surface area contributed by atoms with Crippen LogP contribution in [0.1, 0.15) is 31.0 Å². The molecule has 0 saturated heterocycles. The molecule has 2 aromatic rings. The van der Waals surface area contributed by atoms with Crippen LogP contribution < -0.4 is 30.3 Å². The molecule has 1 amide bonds. The molecule has 1 atom stereocenters. The number of ether oxygens (including phenoxy) is 4. The maximum Gasteiger partial charge on any atom is 0.338 e. The zero-order valence-electron chi connectivity index (χ0n) is 20.7. The minimum atomic E-state index is -0.618. The van der Waals surface area contributed by atoms with Gasteiger partial charge < -0.3 is 29.6 Å². The van der Waals surface area contributed by atoms with Gasteiger partial charge in [-0.05, 0) is 66.9 Å². The molecule has 1 aliphatic heterocycles. The molecule has 12 heteroatoms. The predicted molar refractivity (Wildman–Crippen MR) is 151 cm³/mol. The molecule has 0 spiro atoms. The van der Waals surface area contributed by atoms with Crippen molar-refractivity contribution in [1.29, 1.82) is 0 Å². The number of halogens is 1. The number of hydrazone groups is 1. The molecule has 1 heterocycles. The third kappa shape index (κ3) is 7.10. The van der Waals surface area contributed by atoms with Crippen molar-refractivity contribution >= 4 is 58.0 Å². The van der Waals surface area contributed by atoms with E-state index in [4.69, 9.17) is 31.2 Å². The lowest BCUT2D eigenvalue weighted by Crippen LogP contribution is -2.45. The van der Waals surface area contributed by atoms with Gasteiger partial charge in [0.2, 0.25) is 0 Å². The van der Waals surface area contributed by atoms with Crippen LogP contribution in [0.2, 0.25) is 0 Å². The van der Waals surface area contributed by atoms with E-state index in [1.165, 1.54) is 13.3 Å². The Bertz CT molecular complexity index is 1250. The molecule has 3 N–H and O–H groups in total. The highest BCUT2D eigenvalue weighted by atomic mass is 127. The molecule has 1 aliphatic rings. The van der Waals surface area contributed by atoms with Crippen LogP contribution in [0, 0.1) is 3.57 Å². The number of carbonyl (C=O) groups is 2. The topological polar surface area (TPSA) is 120 Å². The van der Waals surface area contributed by atoms with E-state index >= 15 is 0 Å². The maximum absolute atomic E-state index is 12.7. The molecule has 0 aliphatic carbocycles. The van der Waals surface area contributed by atoms with E-state index in [0.717, 1.165) is 3.57 Å². The van der Waals surface area contributed by atoms with Gasteiger partial charge in [-0.15, -0.1) is 0 Å². The second-order valence-electron chi connectivity index (χ2n) is 7.64. The number of thiocarbonyl (C=S) groups is 1. The molecule has 0 bridgehead atoms. The fraction of sp³-hybridized carbons (Fsp3) is 0.280. The van der Waals surface area contributed by atoms with Gasteiger partial charge in [-0.25, -0.2) is 10.2 Å².